The molecular weight excluding hydrogens is 241 g/mol. The number of nitrogens with one attached hydrogen (secondary N) is 1. The Bertz CT molecular complexity index is 371. The Morgan fingerprint density at radius 2 is 2.00 bits per heavy atom. The van der Waals surface area contributed by atoms with Crippen molar-refractivity contribution in [3.63, 3.8) is 0 Å². The summed E-state index contributed by atoms with van der Waals surface area (Å²) in [6.07, 6.45) is 0. The summed E-state index contributed by atoms with van der Waals surface area (Å²) in [6.45, 7) is 2.10. The molecule has 0 saturated carbocycles. The molecule has 0 unspecified atom stereocenters. The van der Waals surface area contributed by atoms with Crippen molar-refractivity contribution in [1.82, 2.24) is 9.97 Å². The summed E-state index contributed by atoms with van der Waals surface area (Å²) in [5, 5.41) is 7.45. The molecule has 1 aromatic rings. The van der Waals surface area contributed by atoms with E-state index in [1.54, 1.807) is 6.92 Å². The zero-order valence-electron chi connectivity index (χ0n) is 7.95. The largest absolute Gasteiger partial charge is 0.477 e. The van der Waals surface area contributed by atoms with Gasteiger partial charge in [0.15, 0.2) is 22.5 Å². The maximum atomic E-state index is 7.43. The first-order chi connectivity index (χ1) is 6.56. The van der Waals surface area contributed by atoms with Gasteiger partial charge in [0.05, 0.1) is 6.61 Å². The predicted molar refractivity (Wildman–Crippen MR) is 61.6 cm³/mol. The molecule has 84 valence electrons. The number of halogens is 2. The van der Waals surface area contributed by atoms with Crippen molar-refractivity contribution < 1.29 is 4.74 Å². The van der Waals surface area contributed by atoms with Crippen molar-refractivity contribution in [2.75, 3.05) is 18.1 Å². The van der Waals surface area contributed by atoms with E-state index in [0.29, 0.717) is 6.61 Å². The lowest BCUT2D eigenvalue weighted by Crippen LogP contribution is -2.13. The van der Waals surface area contributed by atoms with E-state index in [0.717, 1.165) is 0 Å². The van der Waals surface area contributed by atoms with Gasteiger partial charge in [0.25, 0.3) is 0 Å². The van der Waals surface area contributed by atoms with Gasteiger partial charge in [-0.15, -0.1) is 12.4 Å². The van der Waals surface area contributed by atoms with Gasteiger partial charge in [0.1, 0.15) is 0 Å². The lowest BCUT2D eigenvalue weighted by molar-refractivity contribution is 0.324. The molecule has 0 aliphatic heterocycles. The lowest BCUT2D eigenvalue weighted by Gasteiger charge is -2.07. The Labute approximate surface area is 97.9 Å². The van der Waals surface area contributed by atoms with Gasteiger partial charge in [-0.1, -0.05) is 11.6 Å². The summed E-state index contributed by atoms with van der Waals surface area (Å²) in [5.41, 5.74) is 11.0. The molecule has 0 spiro atoms. The van der Waals surface area contributed by atoms with Crippen LogP contribution in [0.15, 0.2) is 0 Å². The highest BCUT2D eigenvalue weighted by Gasteiger charge is 2.13. The first-order valence-electron chi connectivity index (χ1n) is 3.86. The topological polar surface area (TPSA) is 111 Å². The highest BCUT2D eigenvalue weighted by Crippen LogP contribution is 2.17. The molecule has 0 saturated heterocycles. The van der Waals surface area contributed by atoms with Crippen molar-refractivity contribution >= 4 is 41.5 Å². The maximum absolute atomic E-state index is 7.43. The molecule has 6 nitrogen and oxygen atoms in total. The van der Waals surface area contributed by atoms with Gasteiger partial charge in [0, 0.05) is 0 Å². The Hall–Kier alpha value is -1.27. The van der Waals surface area contributed by atoms with Crippen LogP contribution in [0.25, 0.3) is 0 Å². The second kappa shape index (κ2) is 5.57. The van der Waals surface area contributed by atoms with Gasteiger partial charge >= 0.3 is 0 Å². The SMILES string of the molecule is CCOC(=N)c1nc(Cl)c(N)nc1N.Cl. The first-order valence-corrected chi connectivity index (χ1v) is 4.24. The van der Waals surface area contributed by atoms with Crippen LogP contribution in [0.2, 0.25) is 5.15 Å². The van der Waals surface area contributed by atoms with Crippen molar-refractivity contribution in [2.24, 2.45) is 0 Å². The maximum Gasteiger partial charge on any atom is 0.236 e. The zero-order chi connectivity index (χ0) is 10.7. The lowest BCUT2D eigenvalue weighted by atomic mass is 10.4. The van der Waals surface area contributed by atoms with Crippen LogP contribution < -0.4 is 11.5 Å². The van der Waals surface area contributed by atoms with Gasteiger partial charge in [0.2, 0.25) is 5.90 Å². The Morgan fingerprint density at radius 3 is 2.53 bits per heavy atom. The van der Waals surface area contributed by atoms with Crippen molar-refractivity contribution in [3.05, 3.63) is 10.8 Å². The number of aromatic nitrogens is 2. The molecule has 0 bridgehead atoms. The molecule has 8 heteroatoms. The van der Waals surface area contributed by atoms with Crippen LogP contribution in [0.3, 0.4) is 0 Å². The van der Waals surface area contributed by atoms with Crippen LogP contribution in [0, 0.1) is 5.41 Å². The van der Waals surface area contributed by atoms with Crippen LogP contribution in [0.4, 0.5) is 11.6 Å². The van der Waals surface area contributed by atoms with Crippen molar-refractivity contribution in [2.45, 2.75) is 6.92 Å². The Morgan fingerprint density at radius 1 is 1.40 bits per heavy atom. The number of hydrogen-bond acceptors (Lipinski definition) is 6. The summed E-state index contributed by atoms with van der Waals surface area (Å²) in [5.74, 6) is -0.0954. The fourth-order valence-electron chi connectivity index (χ4n) is 0.821. The molecule has 0 aliphatic carbocycles. The molecule has 5 N–H and O–H groups in total. The number of rotatable bonds is 2. The monoisotopic (exact) mass is 251 g/mol. The Balaban J connectivity index is 0.00000196. The number of anilines is 2. The third kappa shape index (κ3) is 3.10. The molecule has 0 aliphatic rings. The Kier molecular flexibility index (Phi) is 5.10. The van der Waals surface area contributed by atoms with Gasteiger partial charge in [-0.25, -0.2) is 9.97 Å². The fraction of sp³-hybridized carbons (Fsp3) is 0.286. The normalized spacial score (nSPS) is 9.20. The summed E-state index contributed by atoms with van der Waals surface area (Å²) >= 11 is 5.62. The molecule has 1 rings (SSSR count). The van der Waals surface area contributed by atoms with E-state index in [-0.39, 0.29) is 40.8 Å². The molecule has 0 amide bonds. The number of hydrogen-bond donors (Lipinski definition) is 3. The van der Waals surface area contributed by atoms with E-state index in [1.807, 2.05) is 0 Å². The van der Waals surface area contributed by atoms with Gasteiger partial charge < -0.3 is 16.2 Å². The van der Waals surface area contributed by atoms with Gasteiger partial charge in [-0.3, -0.25) is 5.41 Å². The van der Waals surface area contributed by atoms with E-state index < -0.39 is 0 Å². The van der Waals surface area contributed by atoms with Crippen LogP contribution >= 0.6 is 24.0 Å². The number of nitrogens with two attached hydrogens (primary N) is 2. The smallest absolute Gasteiger partial charge is 0.236 e. The number of nitrogen functional groups attached to an aromatic ring is 2. The van der Waals surface area contributed by atoms with Crippen molar-refractivity contribution in [1.29, 1.82) is 5.41 Å². The average molecular weight is 252 g/mol. The average Bonchev–Trinajstić information content (AvgIpc) is 2.11. The minimum absolute atomic E-state index is 0. The molecular formula is C7H11Cl2N5O. The summed E-state index contributed by atoms with van der Waals surface area (Å²) < 4.78 is 4.90. The summed E-state index contributed by atoms with van der Waals surface area (Å²) in [6, 6.07) is 0. The third-order valence-corrected chi connectivity index (χ3v) is 1.69. The molecule has 0 atom stereocenters. The third-order valence-electron chi connectivity index (χ3n) is 1.41. The molecule has 1 aromatic heterocycles. The minimum atomic E-state index is -0.167. The van der Waals surface area contributed by atoms with E-state index in [1.165, 1.54) is 0 Å². The van der Waals surface area contributed by atoms with Crippen LogP contribution in [0.5, 0.6) is 0 Å². The van der Waals surface area contributed by atoms with E-state index in [2.05, 4.69) is 9.97 Å². The van der Waals surface area contributed by atoms with Crippen LogP contribution in [0.1, 0.15) is 12.6 Å². The number of ether oxygens (including phenoxy) is 1. The summed E-state index contributed by atoms with van der Waals surface area (Å²) in [4.78, 5) is 7.51. The molecule has 15 heavy (non-hydrogen) atoms. The van der Waals surface area contributed by atoms with E-state index in [9.17, 15) is 0 Å². The first kappa shape index (κ1) is 13.7. The highest BCUT2D eigenvalue weighted by molar-refractivity contribution is 6.31. The highest BCUT2D eigenvalue weighted by atomic mass is 35.5. The molecule has 0 radical (unpaired) electrons. The van der Waals surface area contributed by atoms with E-state index >= 15 is 0 Å². The fourth-order valence-corrected chi connectivity index (χ4v) is 0.948. The van der Waals surface area contributed by atoms with Crippen LogP contribution in [-0.4, -0.2) is 22.5 Å². The van der Waals surface area contributed by atoms with Crippen molar-refractivity contribution in [3.8, 4) is 0 Å². The van der Waals surface area contributed by atoms with E-state index in [4.69, 9.17) is 33.2 Å². The van der Waals surface area contributed by atoms with Gasteiger partial charge in [-0.05, 0) is 6.92 Å². The number of nitrogens with zero attached hydrogens (tertiary/aromatic N) is 2. The second-order valence-corrected chi connectivity index (χ2v) is 2.75. The van der Waals surface area contributed by atoms with Crippen LogP contribution in [-0.2, 0) is 4.74 Å². The molecule has 0 fully saturated rings. The second-order valence-electron chi connectivity index (χ2n) is 2.40. The quantitative estimate of drug-likeness (QED) is 0.538. The summed E-state index contributed by atoms with van der Waals surface area (Å²) in [7, 11) is 0. The standard InChI is InChI=1S/C7H10ClN5O.ClH/c1-2-14-7(11)3-5(9)13-6(10)4(8)12-3;/h11H,2H2,1H3,(H4,9,10,13);1H. The minimum Gasteiger partial charge on any atom is -0.477 e. The molecule has 0 aromatic carbocycles. The zero-order valence-corrected chi connectivity index (χ0v) is 9.52. The van der Waals surface area contributed by atoms with Gasteiger partial charge in [-0.2, -0.15) is 0 Å². The predicted octanol–water partition coefficient (Wildman–Crippen LogP) is 1.08. The molecule has 1 heterocycles.